The summed E-state index contributed by atoms with van der Waals surface area (Å²) in [5.74, 6) is 0.750. The van der Waals surface area contributed by atoms with Crippen LogP contribution in [0.5, 0.6) is 0 Å². The van der Waals surface area contributed by atoms with Crippen molar-refractivity contribution in [1.29, 1.82) is 0 Å². The second kappa shape index (κ2) is 6.19. The van der Waals surface area contributed by atoms with E-state index in [1.54, 1.807) is 12.1 Å². The highest BCUT2D eigenvalue weighted by molar-refractivity contribution is 6.00. The predicted octanol–water partition coefficient (Wildman–Crippen LogP) is 2.97. The third-order valence-electron chi connectivity index (χ3n) is 3.45. The molecule has 1 aliphatic rings. The molecule has 1 unspecified atom stereocenters. The van der Waals surface area contributed by atoms with Crippen molar-refractivity contribution >= 4 is 29.0 Å². The average Bonchev–Trinajstić information content (AvgIpc) is 3.01. The van der Waals surface area contributed by atoms with E-state index in [-0.39, 0.29) is 11.3 Å². The number of rotatable bonds is 3. The van der Waals surface area contributed by atoms with E-state index in [2.05, 4.69) is 25.9 Å². The molecule has 1 aromatic carbocycles. The van der Waals surface area contributed by atoms with Crippen molar-refractivity contribution in [2.45, 2.75) is 6.10 Å². The summed E-state index contributed by atoms with van der Waals surface area (Å²) in [5.41, 5.74) is -0.432. The maximum Gasteiger partial charge on any atom is 0.411 e. The van der Waals surface area contributed by atoms with Gasteiger partial charge in [-0.05, 0) is 30.1 Å². The molecule has 0 aliphatic carbocycles. The van der Waals surface area contributed by atoms with Crippen molar-refractivity contribution in [1.82, 2.24) is 4.98 Å². The molecule has 1 aromatic heterocycles. The minimum atomic E-state index is -1.67. The Bertz CT molecular complexity index is 892. The van der Waals surface area contributed by atoms with Gasteiger partial charge >= 0.3 is 6.09 Å². The Kier molecular flexibility index (Phi) is 4.07. The van der Waals surface area contributed by atoms with E-state index < -0.39 is 29.4 Å². The van der Waals surface area contributed by atoms with Gasteiger partial charge in [0, 0.05) is 11.8 Å². The first-order valence-electron chi connectivity index (χ1n) is 6.83. The Balaban J connectivity index is 2.02. The van der Waals surface area contributed by atoms with Crippen molar-refractivity contribution in [2.24, 2.45) is 4.99 Å². The number of carbonyl (C=O) groups is 1. The molecule has 2 heterocycles. The summed E-state index contributed by atoms with van der Waals surface area (Å²) < 4.78 is 33.0. The van der Waals surface area contributed by atoms with Gasteiger partial charge in [0.2, 0.25) is 0 Å². The molecule has 0 saturated heterocycles. The van der Waals surface area contributed by atoms with Crippen LogP contribution in [0.3, 0.4) is 0 Å². The van der Waals surface area contributed by atoms with Crippen LogP contribution in [0.2, 0.25) is 0 Å². The third kappa shape index (κ3) is 2.64. The molecule has 0 radical (unpaired) electrons. The van der Waals surface area contributed by atoms with E-state index in [4.69, 9.17) is 0 Å². The standard InChI is InChI=1S/C16H11F2N3O3/c1-24-16(23)21-11-5-4-10(17)12(13(11)18)14(22)9-7-20-15-8(9)3-2-6-19-15/h2-6,14,22H,1H3,(H,21,23). The van der Waals surface area contributed by atoms with Gasteiger partial charge in [-0.3, -0.25) is 5.32 Å². The number of nitrogens with zero attached hydrogens (tertiary/aromatic N) is 2. The fraction of sp³-hybridized carbons (Fsp3) is 0.125. The van der Waals surface area contributed by atoms with Crippen LogP contribution in [0.1, 0.15) is 17.2 Å². The Morgan fingerprint density at radius 1 is 1.38 bits per heavy atom. The fourth-order valence-corrected chi connectivity index (χ4v) is 2.30. The highest BCUT2D eigenvalue weighted by atomic mass is 19.1. The second-order valence-electron chi connectivity index (χ2n) is 4.85. The smallest absolute Gasteiger partial charge is 0.411 e. The number of aliphatic hydroxyl groups is 1. The number of aromatic nitrogens is 1. The quantitative estimate of drug-likeness (QED) is 0.906. The maximum atomic E-state index is 14.6. The number of anilines is 1. The molecule has 1 aliphatic heterocycles. The lowest BCUT2D eigenvalue weighted by Gasteiger charge is -2.16. The summed E-state index contributed by atoms with van der Waals surface area (Å²) >= 11 is 0. The van der Waals surface area contributed by atoms with Gasteiger partial charge in [0.25, 0.3) is 0 Å². The SMILES string of the molecule is COC(=O)Nc1ccc(F)c(C(O)C2=C=Nc3ncccc32)c1F. The van der Waals surface area contributed by atoms with Gasteiger partial charge in [-0.2, -0.15) is 4.99 Å². The van der Waals surface area contributed by atoms with Gasteiger partial charge in [0.1, 0.15) is 11.9 Å². The van der Waals surface area contributed by atoms with E-state index in [9.17, 15) is 18.7 Å². The zero-order valence-corrected chi connectivity index (χ0v) is 12.4. The van der Waals surface area contributed by atoms with Gasteiger partial charge in [0.05, 0.1) is 23.9 Å². The van der Waals surface area contributed by atoms with Crippen LogP contribution in [0, 0.1) is 11.6 Å². The Morgan fingerprint density at radius 2 is 2.17 bits per heavy atom. The maximum absolute atomic E-state index is 14.6. The molecule has 3 rings (SSSR count). The van der Waals surface area contributed by atoms with Gasteiger partial charge in [-0.25, -0.2) is 18.6 Å². The molecule has 2 aromatic rings. The molecule has 6 nitrogen and oxygen atoms in total. The summed E-state index contributed by atoms with van der Waals surface area (Å²) in [5, 5.41) is 12.5. The lowest BCUT2D eigenvalue weighted by atomic mass is 9.96. The van der Waals surface area contributed by atoms with Gasteiger partial charge in [-0.1, -0.05) is 0 Å². The average molecular weight is 331 g/mol. The van der Waals surface area contributed by atoms with Crippen LogP contribution < -0.4 is 5.32 Å². The zero-order chi connectivity index (χ0) is 17.3. The van der Waals surface area contributed by atoms with E-state index in [0.717, 1.165) is 19.2 Å². The van der Waals surface area contributed by atoms with E-state index in [1.807, 2.05) is 0 Å². The fourth-order valence-electron chi connectivity index (χ4n) is 2.30. The number of carbonyl (C=O) groups excluding carboxylic acids is 1. The molecule has 0 saturated carbocycles. The number of aliphatic imine (C=N–C) groups is 1. The van der Waals surface area contributed by atoms with E-state index in [0.29, 0.717) is 11.4 Å². The number of hydrogen-bond donors (Lipinski definition) is 2. The van der Waals surface area contributed by atoms with Crippen LogP contribution in [0.25, 0.3) is 5.57 Å². The molecule has 2 N–H and O–H groups in total. The molecule has 0 spiro atoms. The number of methoxy groups -OCH3 is 1. The van der Waals surface area contributed by atoms with Gasteiger partial charge in [0.15, 0.2) is 11.6 Å². The molecule has 0 bridgehead atoms. The zero-order valence-electron chi connectivity index (χ0n) is 12.4. The summed E-state index contributed by atoms with van der Waals surface area (Å²) in [6.07, 6.45) is -1.09. The van der Waals surface area contributed by atoms with Gasteiger partial charge < -0.3 is 9.84 Å². The minimum Gasteiger partial charge on any atom is -0.453 e. The number of amides is 1. The van der Waals surface area contributed by atoms with Gasteiger partial charge in [-0.15, -0.1) is 0 Å². The summed E-state index contributed by atoms with van der Waals surface area (Å²) in [6, 6.07) is 5.18. The van der Waals surface area contributed by atoms with Crippen molar-refractivity contribution in [2.75, 3.05) is 12.4 Å². The normalized spacial score (nSPS) is 13.2. The summed E-state index contributed by atoms with van der Waals surface area (Å²) in [7, 11) is 1.11. The number of nitrogens with one attached hydrogen (secondary N) is 1. The monoisotopic (exact) mass is 331 g/mol. The molecule has 1 amide bonds. The number of ether oxygens (including phenoxy) is 1. The first kappa shape index (κ1) is 15.8. The number of benzene rings is 1. The molecule has 1 atom stereocenters. The first-order valence-corrected chi connectivity index (χ1v) is 6.83. The number of pyridine rings is 1. The van der Waals surface area contributed by atoms with Crippen LogP contribution in [-0.2, 0) is 4.74 Å². The van der Waals surface area contributed by atoms with Crippen molar-refractivity contribution in [3.63, 3.8) is 0 Å². The Labute approximate surface area is 135 Å². The molecule has 8 heteroatoms. The van der Waals surface area contributed by atoms with Crippen LogP contribution in [0.15, 0.2) is 35.5 Å². The largest absolute Gasteiger partial charge is 0.453 e. The number of aliphatic hydroxyl groups excluding tert-OH is 1. The lowest BCUT2D eigenvalue weighted by molar-refractivity contribution is 0.186. The number of halogens is 2. The van der Waals surface area contributed by atoms with E-state index in [1.165, 1.54) is 6.20 Å². The van der Waals surface area contributed by atoms with Crippen molar-refractivity contribution in [3.05, 3.63) is 53.2 Å². The van der Waals surface area contributed by atoms with Crippen LogP contribution in [0.4, 0.5) is 25.1 Å². The van der Waals surface area contributed by atoms with Crippen LogP contribution >= 0.6 is 0 Å². The number of fused-ring (bicyclic) bond motifs is 1. The molecule has 24 heavy (non-hydrogen) atoms. The highest BCUT2D eigenvalue weighted by Gasteiger charge is 2.28. The molecular weight excluding hydrogens is 320 g/mol. The van der Waals surface area contributed by atoms with Crippen molar-refractivity contribution < 1.29 is 23.4 Å². The third-order valence-corrected chi connectivity index (χ3v) is 3.45. The second-order valence-corrected chi connectivity index (χ2v) is 4.85. The first-order chi connectivity index (χ1) is 11.5. The topological polar surface area (TPSA) is 83.8 Å². The molecular formula is C16H11F2N3O3. The molecule has 122 valence electrons. The highest BCUT2D eigenvalue weighted by Crippen LogP contribution is 2.38. The Hall–Kier alpha value is -3.09. The van der Waals surface area contributed by atoms with E-state index >= 15 is 0 Å². The summed E-state index contributed by atoms with van der Waals surface area (Å²) in [6.45, 7) is 0. The predicted molar refractivity (Wildman–Crippen MR) is 82.1 cm³/mol. The lowest BCUT2D eigenvalue weighted by Crippen LogP contribution is -2.15. The number of hydrogen-bond acceptors (Lipinski definition) is 5. The Morgan fingerprint density at radius 3 is 2.92 bits per heavy atom. The van der Waals surface area contributed by atoms with Crippen LogP contribution in [-0.4, -0.2) is 29.2 Å². The summed E-state index contributed by atoms with van der Waals surface area (Å²) in [4.78, 5) is 19.1. The van der Waals surface area contributed by atoms with Crippen molar-refractivity contribution in [3.8, 4) is 0 Å². The molecule has 0 fully saturated rings. The minimum absolute atomic E-state index is 0.0890.